The van der Waals surface area contributed by atoms with Gasteiger partial charge in [-0.25, -0.2) is 9.18 Å². The van der Waals surface area contributed by atoms with E-state index in [0.717, 1.165) is 18.2 Å². The summed E-state index contributed by atoms with van der Waals surface area (Å²) < 4.78 is 47.1. The van der Waals surface area contributed by atoms with Gasteiger partial charge in [0.25, 0.3) is 0 Å². The first kappa shape index (κ1) is 14.8. The number of nitrogens with zero attached hydrogens (tertiary/aromatic N) is 2. The topological polar surface area (TPSA) is 77.1 Å². The number of halogens is 3. The van der Waals surface area contributed by atoms with Gasteiger partial charge in [-0.3, -0.25) is 0 Å². The molecular weight excluding hydrogens is 291 g/mol. The Kier molecular flexibility index (Phi) is 4.41. The van der Waals surface area contributed by atoms with Crippen molar-refractivity contribution in [3.8, 4) is 17.0 Å². The van der Waals surface area contributed by atoms with Crippen molar-refractivity contribution in [1.82, 2.24) is 15.4 Å². The summed E-state index contributed by atoms with van der Waals surface area (Å²) in [5.41, 5.74) is -0.516. The average Bonchev–Trinajstić information content (AvgIpc) is 2.89. The lowest BCUT2D eigenvalue weighted by atomic mass is 10.1. The van der Waals surface area contributed by atoms with Gasteiger partial charge in [-0.15, -0.1) is 5.10 Å². The smallest absolute Gasteiger partial charge is 0.387 e. The molecule has 0 atom stereocenters. The lowest BCUT2D eigenvalue weighted by molar-refractivity contribution is -0.0495. The minimum Gasteiger partial charge on any atom is -0.461 e. The second kappa shape index (κ2) is 6.25. The number of hydrogen-bond donors (Lipinski definition) is 1. The minimum atomic E-state index is -3.10. The quantitative estimate of drug-likeness (QED) is 0.858. The molecule has 1 N–H and O–H groups in total. The van der Waals surface area contributed by atoms with E-state index in [0.29, 0.717) is 0 Å². The van der Waals surface area contributed by atoms with Gasteiger partial charge in [0.1, 0.15) is 17.3 Å². The standard InChI is InChI=1S/C12H10F3N3O3/c1-2-20-11(19)10-9(16-18-17-10)7-5-6(13)3-4-8(7)21-12(14)15/h3-5,12H,2H2,1H3,(H,16,17,18). The van der Waals surface area contributed by atoms with Crippen molar-refractivity contribution in [3.05, 3.63) is 29.7 Å². The molecule has 2 rings (SSSR count). The normalized spacial score (nSPS) is 10.7. The van der Waals surface area contributed by atoms with Crippen LogP contribution in [0.1, 0.15) is 17.4 Å². The van der Waals surface area contributed by atoms with Crippen molar-refractivity contribution < 1.29 is 27.4 Å². The number of alkyl halides is 2. The van der Waals surface area contributed by atoms with Crippen LogP contribution in [0.2, 0.25) is 0 Å². The van der Waals surface area contributed by atoms with Crippen LogP contribution in [0.25, 0.3) is 11.3 Å². The van der Waals surface area contributed by atoms with Crippen LogP contribution in [0, 0.1) is 5.82 Å². The highest BCUT2D eigenvalue weighted by Crippen LogP contribution is 2.32. The van der Waals surface area contributed by atoms with E-state index < -0.39 is 18.4 Å². The number of rotatable bonds is 5. The minimum absolute atomic E-state index is 0.0919. The van der Waals surface area contributed by atoms with Crippen molar-refractivity contribution in [2.75, 3.05) is 6.61 Å². The van der Waals surface area contributed by atoms with Crippen LogP contribution >= 0.6 is 0 Å². The monoisotopic (exact) mass is 301 g/mol. The van der Waals surface area contributed by atoms with Gasteiger partial charge >= 0.3 is 12.6 Å². The average molecular weight is 301 g/mol. The number of H-pyrrole nitrogens is 1. The molecular formula is C12H10F3N3O3. The highest BCUT2D eigenvalue weighted by atomic mass is 19.3. The molecule has 2 aromatic rings. The van der Waals surface area contributed by atoms with Crippen LogP contribution in [0.5, 0.6) is 5.75 Å². The van der Waals surface area contributed by atoms with Gasteiger partial charge in [0.05, 0.1) is 6.61 Å². The van der Waals surface area contributed by atoms with Crippen molar-refractivity contribution in [3.63, 3.8) is 0 Å². The number of nitrogens with one attached hydrogen (secondary N) is 1. The van der Waals surface area contributed by atoms with Crippen molar-refractivity contribution >= 4 is 5.97 Å². The fraction of sp³-hybridized carbons (Fsp3) is 0.250. The molecule has 0 saturated carbocycles. The second-order valence-corrected chi connectivity index (χ2v) is 3.76. The van der Waals surface area contributed by atoms with E-state index in [-0.39, 0.29) is 29.3 Å². The first-order chi connectivity index (χ1) is 10.0. The zero-order chi connectivity index (χ0) is 15.4. The lowest BCUT2D eigenvalue weighted by Crippen LogP contribution is -2.08. The van der Waals surface area contributed by atoms with E-state index in [1.807, 2.05) is 0 Å². The van der Waals surface area contributed by atoms with E-state index in [4.69, 9.17) is 4.74 Å². The molecule has 112 valence electrons. The number of hydrogen-bond acceptors (Lipinski definition) is 5. The van der Waals surface area contributed by atoms with Gasteiger partial charge < -0.3 is 9.47 Å². The maximum atomic E-state index is 13.3. The molecule has 0 saturated heterocycles. The van der Waals surface area contributed by atoms with Crippen LogP contribution < -0.4 is 4.74 Å². The Morgan fingerprint density at radius 2 is 2.14 bits per heavy atom. The number of esters is 1. The summed E-state index contributed by atoms with van der Waals surface area (Å²) in [7, 11) is 0. The Labute approximate surface area is 116 Å². The van der Waals surface area contributed by atoms with Gasteiger partial charge in [-0.2, -0.15) is 19.1 Å². The number of carbonyl (C=O) groups excluding carboxylic acids is 1. The van der Waals surface area contributed by atoms with E-state index in [9.17, 15) is 18.0 Å². The predicted molar refractivity (Wildman–Crippen MR) is 64.4 cm³/mol. The third-order valence-corrected chi connectivity index (χ3v) is 2.43. The molecule has 0 amide bonds. The molecule has 6 nitrogen and oxygen atoms in total. The Morgan fingerprint density at radius 1 is 1.38 bits per heavy atom. The van der Waals surface area contributed by atoms with Crippen molar-refractivity contribution in [1.29, 1.82) is 0 Å². The fourth-order valence-corrected chi connectivity index (χ4v) is 1.65. The fourth-order valence-electron chi connectivity index (χ4n) is 1.65. The molecule has 1 heterocycles. The van der Waals surface area contributed by atoms with Crippen LogP contribution in [-0.2, 0) is 4.74 Å². The lowest BCUT2D eigenvalue weighted by Gasteiger charge is -2.09. The van der Waals surface area contributed by atoms with Gasteiger partial charge in [0.2, 0.25) is 0 Å². The zero-order valence-electron chi connectivity index (χ0n) is 10.8. The van der Waals surface area contributed by atoms with Crippen LogP contribution in [0.4, 0.5) is 13.2 Å². The Balaban J connectivity index is 2.49. The summed E-state index contributed by atoms with van der Waals surface area (Å²) in [4.78, 5) is 11.7. The molecule has 0 bridgehead atoms. The first-order valence-corrected chi connectivity index (χ1v) is 5.85. The summed E-state index contributed by atoms with van der Waals surface area (Å²) in [5, 5.41) is 9.43. The molecule has 0 fully saturated rings. The first-order valence-electron chi connectivity index (χ1n) is 5.85. The molecule has 21 heavy (non-hydrogen) atoms. The molecule has 0 aliphatic carbocycles. The maximum absolute atomic E-state index is 13.3. The van der Waals surface area contributed by atoms with Gasteiger partial charge in [0.15, 0.2) is 5.69 Å². The van der Waals surface area contributed by atoms with Crippen LogP contribution in [-0.4, -0.2) is 34.6 Å². The molecule has 0 spiro atoms. The van der Waals surface area contributed by atoms with Gasteiger partial charge in [-0.1, -0.05) is 0 Å². The molecule has 0 unspecified atom stereocenters. The molecule has 0 aliphatic rings. The van der Waals surface area contributed by atoms with E-state index in [2.05, 4.69) is 20.1 Å². The van der Waals surface area contributed by atoms with Crippen LogP contribution in [0.15, 0.2) is 18.2 Å². The third kappa shape index (κ3) is 3.30. The Bertz CT molecular complexity index is 646. The number of ether oxygens (including phenoxy) is 2. The molecule has 0 radical (unpaired) electrons. The molecule has 1 aromatic heterocycles. The summed E-state index contributed by atoms with van der Waals surface area (Å²) in [6.07, 6.45) is 0. The van der Waals surface area contributed by atoms with Crippen molar-refractivity contribution in [2.24, 2.45) is 0 Å². The van der Waals surface area contributed by atoms with Gasteiger partial charge in [-0.05, 0) is 25.1 Å². The third-order valence-electron chi connectivity index (χ3n) is 2.43. The Hall–Kier alpha value is -2.58. The zero-order valence-corrected chi connectivity index (χ0v) is 10.8. The molecule has 0 aliphatic heterocycles. The summed E-state index contributed by atoms with van der Waals surface area (Å²) in [6, 6.07) is 2.88. The van der Waals surface area contributed by atoms with Crippen molar-refractivity contribution in [2.45, 2.75) is 13.5 Å². The maximum Gasteiger partial charge on any atom is 0.387 e. The highest BCUT2D eigenvalue weighted by Gasteiger charge is 2.23. The second-order valence-electron chi connectivity index (χ2n) is 3.76. The van der Waals surface area contributed by atoms with E-state index in [1.54, 1.807) is 6.92 Å². The number of carbonyl (C=O) groups is 1. The summed E-state index contributed by atoms with van der Waals surface area (Å²) in [5.74, 6) is -1.84. The number of aromatic nitrogens is 3. The predicted octanol–water partition coefficient (Wildman–Crippen LogP) is 2.39. The Morgan fingerprint density at radius 3 is 2.81 bits per heavy atom. The van der Waals surface area contributed by atoms with Crippen LogP contribution in [0.3, 0.4) is 0 Å². The summed E-state index contributed by atoms with van der Waals surface area (Å²) >= 11 is 0. The van der Waals surface area contributed by atoms with Gasteiger partial charge in [0, 0.05) is 5.56 Å². The number of aromatic amines is 1. The molecule has 1 aromatic carbocycles. The molecule has 9 heteroatoms. The number of benzene rings is 1. The van der Waals surface area contributed by atoms with E-state index in [1.165, 1.54) is 0 Å². The SMILES string of the molecule is CCOC(=O)c1n[nH]nc1-c1cc(F)ccc1OC(F)F. The highest BCUT2D eigenvalue weighted by molar-refractivity contribution is 5.94. The summed E-state index contributed by atoms with van der Waals surface area (Å²) in [6.45, 7) is -1.42. The largest absolute Gasteiger partial charge is 0.461 e. The van der Waals surface area contributed by atoms with E-state index >= 15 is 0 Å².